The minimum absolute atomic E-state index is 0.342. The van der Waals surface area contributed by atoms with Crippen LogP contribution >= 0.6 is 11.8 Å². The highest BCUT2D eigenvalue weighted by Crippen LogP contribution is 2.36. The van der Waals surface area contributed by atoms with E-state index in [4.69, 9.17) is 14.2 Å². The van der Waals surface area contributed by atoms with Crippen molar-refractivity contribution in [2.45, 2.75) is 43.1 Å². The Balaban J connectivity index is 1.71. The van der Waals surface area contributed by atoms with Crippen LogP contribution in [-0.4, -0.2) is 52.4 Å². The number of thioether (sulfide) groups is 1. The van der Waals surface area contributed by atoms with E-state index in [-0.39, 0.29) is 6.10 Å². The predicted octanol–water partition coefficient (Wildman–Crippen LogP) is 1.30. The van der Waals surface area contributed by atoms with E-state index >= 15 is 0 Å². The van der Waals surface area contributed by atoms with E-state index in [9.17, 15) is 10.2 Å². The molecule has 0 amide bonds. The molecule has 1 aromatic rings. The summed E-state index contributed by atoms with van der Waals surface area (Å²) >= 11 is 1.47. The molecule has 6 atom stereocenters. The van der Waals surface area contributed by atoms with Gasteiger partial charge in [0.25, 0.3) is 0 Å². The lowest BCUT2D eigenvalue weighted by Crippen LogP contribution is -2.60. The molecule has 0 radical (unpaired) electrons. The molecule has 2 heterocycles. The largest absolute Gasteiger partial charge is 0.387 e. The number of hydrogen-bond acceptors (Lipinski definition) is 6. The van der Waals surface area contributed by atoms with Gasteiger partial charge in [-0.1, -0.05) is 37.3 Å². The van der Waals surface area contributed by atoms with Gasteiger partial charge in [-0.15, -0.1) is 11.8 Å². The monoisotopic (exact) mass is 312 g/mol. The topological polar surface area (TPSA) is 68.2 Å². The third kappa shape index (κ3) is 3.11. The molecule has 2 saturated heterocycles. The maximum absolute atomic E-state index is 10.3. The second kappa shape index (κ2) is 6.64. The Bertz CT molecular complexity index is 455. The molecular formula is C15H20O5S. The smallest absolute Gasteiger partial charge is 0.184 e. The van der Waals surface area contributed by atoms with Gasteiger partial charge in [-0.2, -0.15) is 0 Å². The van der Waals surface area contributed by atoms with Crippen LogP contribution in [0.2, 0.25) is 0 Å². The van der Waals surface area contributed by atoms with E-state index in [1.807, 2.05) is 37.3 Å². The normalized spacial score (nSPS) is 39.8. The molecule has 0 spiro atoms. The maximum atomic E-state index is 10.3. The van der Waals surface area contributed by atoms with Crippen LogP contribution in [0.5, 0.6) is 0 Å². The molecule has 2 fully saturated rings. The number of rotatable bonds is 3. The number of aliphatic hydroxyl groups is 2. The summed E-state index contributed by atoms with van der Waals surface area (Å²) in [6.07, 6.45) is -3.39. The number of fused-ring (bicyclic) bond motifs is 1. The second-order valence-electron chi connectivity index (χ2n) is 5.16. The molecule has 0 aromatic heterocycles. The van der Waals surface area contributed by atoms with E-state index in [2.05, 4.69) is 0 Å². The average Bonchev–Trinajstić information content (AvgIpc) is 2.53. The van der Waals surface area contributed by atoms with Crippen LogP contribution in [0.25, 0.3) is 0 Å². The number of aliphatic hydroxyl groups excluding tert-OH is 2. The number of benzene rings is 1. The quantitative estimate of drug-likeness (QED) is 0.877. The van der Waals surface area contributed by atoms with Crippen molar-refractivity contribution in [1.29, 1.82) is 0 Å². The Labute approximate surface area is 128 Å². The van der Waals surface area contributed by atoms with Crippen LogP contribution < -0.4 is 0 Å². The molecule has 6 heteroatoms. The molecule has 3 rings (SSSR count). The third-order valence-corrected chi connectivity index (χ3v) is 4.79. The molecular weight excluding hydrogens is 292 g/mol. The van der Waals surface area contributed by atoms with Gasteiger partial charge in [0.15, 0.2) is 6.29 Å². The molecule has 21 heavy (non-hydrogen) atoms. The summed E-state index contributed by atoms with van der Waals surface area (Å²) in [5, 5.41) is 20.5. The van der Waals surface area contributed by atoms with Crippen molar-refractivity contribution < 1.29 is 24.4 Å². The lowest BCUT2D eigenvalue weighted by molar-refractivity contribution is -0.318. The molecule has 0 bridgehead atoms. The lowest BCUT2D eigenvalue weighted by atomic mass is 9.99. The third-order valence-electron chi connectivity index (χ3n) is 3.74. The zero-order valence-electron chi connectivity index (χ0n) is 11.8. The molecule has 0 aliphatic carbocycles. The van der Waals surface area contributed by atoms with Gasteiger partial charge in [-0.3, -0.25) is 0 Å². The zero-order valence-corrected chi connectivity index (χ0v) is 12.6. The van der Waals surface area contributed by atoms with Gasteiger partial charge in [0.2, 0.25) is 0 Å². The van der Waals surface area contributed by atoms with Crippen LogP contribution in [0.15, 0.2) is 30.3 Å². The van der Waals surface area contributed by atoms with Crippen molar-refractivity contribution in [3.63, 3.8) is 0 Å². The van der Waals surface area contributed by atoms with Crippen molar-refractivity contribution in [3.05, 3.63) is 35.9 Å². The van der Waals surface area contributed by atoms with Crippen molar-refractivity contribution in [3.8, 4) is 0 Å². The Kier molecular flexibility index (Phi) is 4.83. The fraction of sp³-hybridized carbons (Fsp3) is 0.600. The van der Waals surface area contributed by atoms with E-state index in [1.54, 1.807) is 0 Å². The molecule has 3 unspecified atom stereocenters. The molecule has 1 aromatic carbocycles. The molecule has 2 aliphatic rings. The Morgan fingerprint density at radius 2 is 1.90 bits per heavy atom. The molecule has 5 nitrogen and oxygen atoms in total. The van der Waals surface area contributed by atoms with Crippen LogP contribution in [0.4, 0.5) is 0 Å². The average molecular weight is 312 g/mol. The summed E-state index contributed by atoms with van der Waals surface area (Å²) in [6, 6.07) is 9.56. The standard InChI is InChI=1S/C15H20O5S/c1-2-21-15-12(17)11(16)13-10(19-15)8-18-14(20-13)9-6-4-3-5-7-9/h3-7,10-17H,2,8H2,1H3/t10?,11?,12-,13-,14?,15-/m0/s1. The molecule has 0 saturated carbocycles. The molecule has 2 N–H and O–H groups in total. The van der Waals surface area contributed by atoms with E-state index in [1.165, 1.54) is 11.8 Å². The first kappa shape index (κ1) is 15.3. The summed E-state index contributed by atoms with van der Waals surface area (Å²) in [5.74, 6) is 0.806. The summed E-state index contributed by atoms with van der Waals surface area (Å²) in [4.78, 5) is 0. The fourth-order valence-corrected chi connectivity index (χ4v) is 3.57. The lowest BCUT2D eigenvalue weighted by Gasteiger charge is -2.46. The Hall–Kier alpha value is -0.630. The van der Waals surface area contributed by atoms with Crippen LogP contribution in [0, 0.1) is 0 Å². The van der Waals surface area contributed by atoms with Crippen molar-refractivity contribution >= 4 is 11.8 Å². The van der Waals surface area contributed by atoms with Gasteiger partial charge in [0.1, 0.15) is 29.9 Å². The summed E-state index contributed by atoms with van der Waals surface area (Å²) in [7, 11) is 0. The van der Waals surface area contributed by atoms with Gasteiger partial charge >= 0.3 is 0 Å². The number of ether oxygens (including phenoxy) is 3. The Morgan fingerprint density at radius 3 is 2.62 bits per heavy atom. The highest BCUT2D eigenvalue weighted by Gasteiger charge is 2.48. The van der Waals surface area contributed by atoms with Gasteiger partial charge < -0.3 is 24.4 Å². The van der Waals surface area contributed by atoms with E-state index < -0.39 is 30.0 Å². The summed E-state index contributed by atoms with van der Waals surface area (Å²) in [5.41, 5.74) is 0.453. The van der Waals surface area contributed by atoms with Crippen molar-refractivity contribution in [1.82, 2.24) is 0 Å². The van der Waals surface area contributed by atoms with E-state index in [0.29, 0.717) is 6.61 Å². The highest BCUT2D eigenvalue weighted by atomic mass is 32.2. The van der Waals surface area contributed by atoms with Gasteiger partial charge in [0, 0.05) is 5.56 Å². The predicted molar refractivity (Wildman–Crippen MR) is 78.8 cm³/mol. The SMILES string of the molecule is CCS[C@@H]1OC2COC(c3ccccc3)O[C@@H]2C(O)[C@@H]1O. The minimum atomic E-state index is -0.970. The first-order valence-electron chi connectivity index (χ1n) is 7.16. The zero-order chi connectivity index (χ0) is 14.8. The fourth-order valence-electron chi connectivity index (χ4n) is 2.66. The van der Waals surface area contributed by atoms with Gasteiger partial charge in [-0.25, -0.2) is 0 Å². The first-order valence-corrected chi connectivity index (χ1v) is 8.20. The van der Waals surface area contributed by atoms with Crippen molar-refractivity contribution in [2.24, 2.45) is 0 Å². The van der Waals surface area contributed by atoms with Crippen LogP contribution in [0.1, 0.15) is 18.8 Å². The van der Waals surface area contributed by atoms with E-state index in [0.717, 1.165) is 11.3 Å². The highest BCUT2D eigenvalue weighted by molar-refractivity contribution is 7.99. The van der Waals surface area contributed by atoms with Crippen LogP contribution in [0.3, 0.4) is 0 Å². The second-order valence-corrected chi connectivity index (χ2v) is 6.53. The summed E-state index contributed by atoms with van der Waals surface area (Å²) in [6.45, 7) is 2.33. The molecule has 2 aliphatic heterocycles. The molecule has 116 valence electrons. The minimum Gasteiger partial charge on any atom is -0.387 e. The Morgan fingerprint density at radius 1 is 1.14 bits per heavy atom. The maximum Gasteiger partial charge on any atom is 0.184 e. The number of hydrogen-bond donors (Lipinski definition) is 2. The van der Waals surface area contributed by atoms with Gasteiger partial charge in [-0.05, 0) is 5.75 Å². The first-order chi connectivity index (χ1) is 10.2. The van der Waals surface area contributed by atoms with Crippen LogP contribution in [-0.2, 0) is 14.2 Å². The van der Waals surface area contributed by atoms with Crippen molar-refractivity contribution in [2.75, 3.05) is 12.4 Å². The summed E-state index contributed by atoms with van der Waals surface area (Å²) < 4.78 is 17.3. The van der Waals surface area contributed by atoms with Gasteiger partial charge in [0.05, 0.1) is 6.61 Å².